The molecule has 7 nitrogen and oxygen atoms in total. The van der Waals surface area contributed by atoms with Gasteiger partial charge in [-0.1, -0.05) is 0 Å². The number of carbonyl (C=O) groups is 2. The van der Waals surface area contributed by atoms with Gasteiger partial charge in [-0.25, -0.2) is 4.79 Å². The van der Waals surface area contributed by atoms with Gasteiger partial charge in [0.1, 0.15) is 0 Å². The van der Waals surface area contributed by atoms with E-state index in [1.165, 1.54) is 18.2 Å². The first-order valence-corrected chi connectivity index (χ1v) is 7.95. The van der Waals surface area contributed by atoms with Crippen LogP contribution in [0.2, 0.25) is 0 Å². The Labute approximate surface area is 158 Å². The molecule has 0 unspecified atom stereocenters. The number of amides is 1. The van der Waals surface area contributed by atoms with Gasteiger partial charge in [0.05, 0.1) is 21.7 Å². The first kappa shape index (κ1) is 20.4. The second kappa shape index (κ2) is 8.16. The largest absolute Gasteiger partial charge is 0.452 e. The summed E-state index contributed by atoms with van der Waals surface area (Å²) >= 11 is 3.06. The second-order valence-electron chi connectivity index (χ2n) is 5.12. The van der Waals surface area contributed by atoms with Gasteiger partial charge >= 0.3 is 12.1 Å². The maximum atomic E-state index is 12.5. The molecule has 0 heterocycles. The molecule has 2 aromatic rings. The molecule has 0 saturated carbocycles. The van der Waals surface area contributed by atoms with Gasteiger partial charge in [-0.05, 0) is 46.3 Å². The van der Waals surface area contributed by atoms with E-state index >= 15 is 0 Å². The highest BCUT2D eigenvalue weighted by molar-refractivity contribution is 9.10. The summed E-state index contributed by atoms with van der Waals surface area (Å²) in [6.07, 6.45) is -4.53. The predicted octanol–water partition coefficient (Wildman–Crippen LogP) is 4.17. The summed E-state index contributed by atoms with van der Waals surface area (Å²) in [7, 11) is 0. The minimum Gasteiger partial charge on any atom is -0.452 e. The fourth-order valence-electron chi connectivity index (χ4n) is 1.91. The van der Waals surface area contributed by atoms with Crippen molar-refractivity contribution in [1.29, 1.82) is 0 Å². The van der Waals surface area contributed by atoms with E-state index in [2.05, 4.69) is 21.2 Å². The minimum atomic E-state index is -4.53. The lowest BCUT2D eigenvalue weighted by molar-refractivity contribution is -0.384. The number of carbonyl (C=O) groups excluding carboxylic acids is 2. The van der Waals surface area contributed by atoms with Gasteiger partial charge < -0.3 is 10.1 Å². The number of anilines is 1. The highest BCUT2D eigenvalue weighted by atomic mass is 79.9. The molecule has 2 rings (SSSR count). The molecule has 0 aromatic heterocycles. The Morgan fingerprint density at radius 1 is 1.15 bits per heavy atom. The number of halogens is 4. The van der Waals surface area contributed by atoms with Gasteiger partial charge in [0.15, 0.2) is 6.61 Å². The average Bonchev–Trinajstić information content (AvgIpc) is 2.60. The van der Waals surface area contributed by atoms with Crippen LogP contribution in [-0.4, -0.2) is 23.4 Å². The van der Waals surface area contributed by atoms with Crippen LogP contribution in [0.3, 0.4) is 0 Å². The molecule has 11 heteroatoms. The third-order valence-corrected chi connectivity index (χ3v) is 3.88. The van der Waals surface area contributed by atoms with Gasteiger partial charge in [-0.2, -0.15) is 13.2 Å². The molecule has 0 aliphatic rings. The standard InChI is InChI=1S/C16H10BrF3N2O5/c17-12-7-11(22(25)26)5-6-13(12)21-14(23)8-27-15(24)9-1-3-10(4-2-9)16(18,19)20/h1-7H,8H2,(H,21,23). The molecule has 1 N–H and O–H groups in total. The Balaban J connectivity index is 1.93. The summed E-state index contributed by atoms with van der Waals surface area (Å²) in [5, 5.41) is 13.0. The van der Waals surface area contributed by atoms with Crippen molar-refractivity contribution in [3.05, 3.63) is 68.2 Å². The van der Waals surface area contributed by atoms with Gasteiger partial charge in [0, 0.05) is 16.6 Å². The van der Waals surface area contributed by atoms with Crippen LogP contribution in [0.5, 0.6) is 0 Å². The van der Waals surface area contributed by atoms with Crippen LogP contribution >= 0.6 is 15.9 Å². The van der Waals surface area contributed by atoms with Crippen LogP contribution in [0.15, 0.2) is 46.9 Å². The minimum absolute atomic E-state index is 0.146. The van der Waals surface area contributed by atoms with Crippen LogP contribution in [0.1, 0.15) is 15.9 Å². The fraction of sp³-hybridized carbons (Fsp3) is 0.125. The van der Waals surface area contributed by atoms with Crippen LogP contribution in [0, 0.1) is 10.1 Å². The molecule has 0 bridgehead atoms. The van der Waals surface area contributed by atoms with Crippen molar-refractivity contribution in [3.63, 3.8) is 0 Å². The molecule has 1 amide bonds. The smallest absolute Gasteiger partial charge is 0.416 e. The summed E-state index contributed by atoms with van der Waals surface area (Å²) in [6, 6.07) is 6.98. The number of rotatable bonds is 5. The molecule has 0 radical (unpaired) electrons. The third kappa shape index (κ3) is 5.51. The maximum absolute atomic E-state index is 12.5. The molecule has 27 heavy (non-hydrogen) atoms. The van der Waals surface area contributed by atoms with E-state index in [4.69, 9.17) is 4.74 Å². The number of ether oxygens (including phenoxy) is 1. The number of benzene rings is 2. The third-order valence-electron chi connectivity index (χ3n) is 3.22. The normalized spacial score (nSPS) is 11.0. The summed E-state index contributed by atoms with van der Waals surface area (Å²) in [4.78, 5) is 33.6. The lowest BCUT2D eigenvalue weighted by atomic mass is 10.1. The van der Waals surface area contributed by atoms with E-state index in [0.29, 0.717) is 0 Å². The molecular formula is C16H10BrF3N2O5. The topological polar surface area (TPSA) is 98.5 Å². The molecule has 0 atom stereocenters. The zero-order valence-electron chi connectivity index (χ0n) is 13.2. The maximum Gasteiger partial charge on any atom is 0.416 e. The van der Waals surface area contributed by atoms with Crippen molar-refractivity contribution in [3.8, 4) is 0 Å². The summed E-state index contributed by atoms with van der Waals surface area (Å²) in [6.45, 7) is -0.691. The van der Waals surface area contributed by atoms with E-state index in [9.17, 15) is 32.9 Å². The molecular weight excluding hydrogens is 437 g/mol. The SMILES string of the molecule is O=C(COC(=O)c1ccc(C(F)(F)F)cc1)Nc1ccc([N+](=O)[O-])cc1Br. The van der Waals surface area contributed by atoms with Crippen molar-refractivity contribution < 1.29 is 32.4 Å². The number of esters is 1. The highest BCUT2D eigenvalue weighted by Gasteiger charge is 2.30. The van der Waals surface area contributed by atoms with Crippen molar-refractivity contribution >= 4 is 39.2 Å². The van der Waals surface area contributed by atoms with E-state index in [0.717, 1.165) is 24.3 Å². The van der Waals surface area contributed by atoms with Gasteiger partial charge in [0.2, 0.25) is 0 Å². The number of nitro benzene ring substituents is 1. The van der Waals surface area contributed by atoms with Crippen LogP contribution < -0.4 is 5.32 Å². The number of nitrogens with one attached hydrogen (secondary N) is 1. The Bertz CT molecular complexity index is 885. The monoisotopic (exact) mass is 446 g/mol. The molecule has 2 aromatic carbocycles. The van der Waals surface area contributed by atoms with Crippen LogP contribution in [-0.2, 0) is 15.7 Å². The second-order valence-corrected chi connectivity index (χ2v) is 5.98. The zero-order chi connectivity index (χ0) is 20.2. The van der Waals surface area contributed by atoms with Crippen molar-refractivity contribution in [1.82, 2.24) is 0 Å². The van der Waals surface area contributed by atoms with Crippen molar-refractivity contribution in [2.24, 2.45) is 0 Å². The van der Waals surface area contributed by atoms with E-state index in [-0.39, 0.29) is 21.4 Å². The molecule has 142 valence electrons. The molecule has 0 spiro atoms. The Morgan fingerprint density at radius 2 is 1.78 bits per heavy atom. The molecule has 0 aliphatic heterocycles. The molecule has 0 aliphatic carbocycles. The summed E-state index contributed by atoms with van der Waals surface area (Å²) < 4.78 is 42.4. The zero-order valence-corrected chi connectivity index (χ0v) is 14.8. The van der Waals surface area contributed by atoms with E-state index in [1.54, 1.807) is 0 Å². The van der Waals surface area contributed by atoms with Gasteiger partial charge in [0.25, 0.3) is 11.6 Å². The highest BCUT2D eigenvalue weighted by Crippen LogP contribution is 2.29. The number of hydrogen-bond donors (Lipinski definition) is 1. The Morgan fingerprint density at radius 3 is 2.30 bits per heavy atom. The van der Waals surface area contributed by atoms with E-state index in [1.807, 2.05) is 0 Å². The lowest BCUT2D eigenvalue weighted by Gasteiger charge is -2.09. The van der Waals surface area contributed by atoms with Crippen molar-refractivity contribution in [2.45, 2.75) is 6.18 Å². The lowest BCUT2D eigenvalue weighted by Crippen LogP contribution is -2.21. The number of nitrogens with zero attached hydrogens (tertiary/aromatic N) is 1. The fourth-order valence-corrected chi connectivity index (χ4v) is 2.38. The Kier molecular flexibility index (Phi) is 6.16. The van der Waals surface area contributed by atoms with Gasteiger partial charge in [-0.15, -0.1) is 0 Å². The van der Waals surface area contributed by atoms with E-state index < -0.39 is 35.1 Å². The summed E-state index contributed by atoms with van der Waals surface area (Å²) in [5.41, 5.74) is -1.03. The first-order chi connectivity index (χ1) is 12.6. The molecule has 0 fully saturated rings. The Hall–Kier alpha value is -2.95. The number of nitro groups is 1. The van der Waals surface area contributed by atoms with Crippen molar-refractivity contribution in [2.75, 3.05) is 11.9 Å². The van der Waals surface area contributed by atoms with Crippen LogP contribution in [0.25, 0.3) is 0 Å². The quantitative estimate of drug-likeness (QED) is 0.422. The van der Waals surface area contributed by atoms with Gasteiger partial charge in [-0.3, -0.25) is 14.9 Å². The van der Waals surface area contributed by atoms with Crippen LogP contribution in [0.4, 0.5) is 24.5 Å². The average molecular weight is 447 g/mol. The number of hydrogen-bond acceptors (Lipinski definition) is 5. The predicted molar refractivity (Wildman–Crippen MR) is 91.2 cm³/mol. The first-order valence-electron chi connectivity index (χ1n) is 7.16. The number of non-ortho nitro benzene ring substituents is 1. The molecule has 0 saturated heterocycles. The summed E-state index contributed by atoms with van der Waals surface area (Å²) in [5.74, 6) is -1.70. The number of alkyl halides is 3.